The highest BCUT2D eigenvalue weighted by Crippen LogP contribution is 2.64. The Bertz CT molecular complexity index is 2470. The molecule has 2 fully saturated rings. The normalized spacial score (nSPS) is 20.9. The van der Waals surface area contributed by atoms with Crippen molar-refractivity contribution < 1.29 is 37.7 Å². The first-order valence-corrected chi connectivity index (χ1v) is 19.8. The number of anilines is 1. The van der Waals surface area contributed by atoms with Gasteiger partial charge in [0.25, 0.3) is 5.85 Å². The fraction of sp³-hybridized carbons (Fsp3) is 0.217. The molecule has 0 amide bonds. The van der Waals surface area contributed by atoms with Gasteiger partial charge in [0.15, 0.2) is 12.3 Å². The molecule has 0 unspecified atom stereocenters. The fourth-order valence-corrected chi connectivity index (χ4v) is 9.27. The number of hydrogen-bond donors (Lipinski definition) is 1. The molecule has 1 aromatic heterocycles. The summed E-state index contributed by atoms with van der Waals surface area (Å²) in [6.07, 6.45) is -1.10. The second-order valence-electron chi connectivity index (χ2n) is 14.1. The first-order valence-electron chi connectivity index (χ1n) is 18.8. The Morgan fingerprint density at radius 2 is 1.34 bits per heavy atom. The number of alkyl halides is 1. The topological polar surface area (TPSA) is 127 Å². The molecule has 13 heteroatoms. The van der Waals surface area contributed by atoms with Crippen molar-refractivity contribution in [2.75, 3.05) is 32.4 Å². The Labute approximate surface area is 344 Å². The summed E-state index contributed by atoms with van der Waals surface area (Å²) < 4.78 is 46.5. The second kappa shape index (κ2) is 16.1. The van der Waals surface area contributed by atoms with Gasteiger partial charge >= 0.3 is 17.6 Å². The van der Waals surface area contributed by atoms with Crippen molar-refractivity contribution in [2.24, 2.45) is 0 Å². The summed E-state index contributed by atoms with van der Waals surface area (Å²) in [6, 6.07) is 40.7. The zero-order valence-corrected chi connectivity index (χ0v) is 33.2. The SMILES string of the molecule is COC(=O)c1ccccc1[C@@]1(F)O[C@@H](n2ccc(NC(c3ccccc3)(c3ccc(OC)cc3)c3ccc(OC)cc3)nc2=O)[C@@]2(CCS2)[C@@H]1OC(=O)c1ccccc1. The molecular formula is C46H40FN3O8S. The molecule has 2 aliphatic rings. The van der Waals surface area contributed by atoms with Crippen molar-refractivity contribution in [1.29, 1.82) is 0 Å². The number of hydrogen-bond acceptors (Lipinski definition) is 11. The van der Waals surface area contributed by atoms with Crippen molar-refractivity contribution >= 4 is 29.5 Å². The van der Waals surface area contributed by atoms with Crippen LogP contribution in [0.2, 0.25) is 0 Å². The zero-order valence-electron chi connectivity index (χ0n) is 32.4. The Hall–Kier alpha value is -6.44. The van der Waals surface area contributed by atoms with Gasteiger partial charge in [-0.2, -0.15) is 4.98 Å². The summed E-state index contributed by atoms with van der Waals surface area (Å²) in [6.45, 7) is 0. The van der Waals surface area contributed by atoms with Gasteiger partial charge in [0.1, 0.15) is 27.6 Å². The molecule has 3 heterocycles. The van der Waals surface area contributed by atoms with Crippen LogP contribution in [0.1, 0.15) is 55.6 Å². The van der Waals surface area contributed by atoms with E-state index in [4.69, 9.17) is 23.7 Å². The summed E-state index contributed by atoms with van der Waals surface area (Å²) in [7, 11) is 4.39. The van der Waals surface area contributed by atoms with E-state index >= 15 is 4.39 Å². The van der Waals surface area contributed by atoms with E-state index in [1.54, 1.807) is 62.8 Å². The van der Waals surface area contributed by atoms with Gasteiger partial charge in [-0.3, -0.25) is 4.57 Å². The lowest BCUT2D eigenvalue weighted by atomic mass is 9.77. The van der Waals surface area contributed by atoms with E-state index in [0.29, 0.717) is 23.7 Å². The molecule has 2 aliphatic heterocycles. The highest BCUT2D eigenvalue weighted by Gasteiger charge is 2.72. The molecule has 0 aliphatic carbocycles. The number of nitrogens with zero attached hydrogens (tertiary/aromatic N) is 2. The predicted octanol–water partition coefficient (Wildman–Crippen LogP) is 7.90. The highest BCUT2D eigenvalue weighted by molar-refractivity contribution is 8.02. The van der Waals surface area contributed by atoms with Gasteiger partial charge in [-0.1, -0.05) is 91.0 Å². The molecule has 5 aromatic carbocycles. The van der Waals surface area contributed by atoms with Crippen LogP contribution in [0.15, 0.2) is 151 Å². The molecule has 1 spiro atoms. The minimum absolute atomic E-state index is 0.113. The molecule has 300 valence electrons. The molecule has 8 rings (SSSR count). The maximum absolute atomic E-state index is 18.2. The number of esters is 2. The smallest absolute Gasteiger partial charge is 0.351 e. The van der Waals surface area contributed by atoms with E-state index in [-0.39, 0.29) is 22.5 Å². The van der Waals surface area contributed by atoms with Crippen LogP contribution in [0.3, 0.4) is 0 Å². The van der Waals surface area contributed by atoms with Gasteiger partial charge in [-0.25, -0.2) is 18.8 Å². The molecule has 0 radical (unpaired) electrons. The van der Waals surface area contributed by atoms with E-state index in [1.807, 2.05) is 78.9 Å². The summed E-state index contributed by atoms with van der Waals surface area (Å²) in [4.78, 5) is 45.7. The second-order valence-corrected chi connectivity index (χ2v) is 15.5. The van der Waals surface area contributed by atoms with E-state index in [1.165, 1.54) is 41.8 Å². The lowest BCUT2D eigenvalue weighted by molar-refractivity contribution is -0.196. The Balaban J connectivity index is 1.24. The van der Waals surface area contributed by atoms with Gasteiger partial charge in [-0.05, 0) is 77.4 Å². The van der Waals surface area contributed by atoms with Crippen LogP contribution in [0.4, 0.5) is 10.2 Å². The lowest BCUT2D eigenvalue weighted by Gasteiger charge is -2.44. The standard InChI is InChI=1S/C46H40FN3O8S/c1-54-34-22-18-32(19-23-34)45(31-14-8-5-9-15-31,33-20-24-35(55-2)25-21-33)49-38-26-28-50(43(53)48-38)42-44(27-29-59-44)41(57-39(51)30-12-6-4-7-13-30)46(47,58-42)37-17-11-10-16-36(37)40(52)56-3/h4-26,28,41-42H,27,29H2,1-3H3,(H,48,49,53)/t41-,42+,44+,46+/m0/s1. The average Bonchev–Trinajstić information content (AvgIpc) is 3.54. The molecule has 2 saturated heterocycles. The Morgan fingerprint density at radius 1 is 0.780 bits per heavy atom. The summed E-state index contributed by atoms with van der Waals surface area (Å²) >= 11 is 1.32. The van der Waals surface area contributed by atoms with Gasteiger partial charge < -0.3 is 29.0 Å². The number of nitrogens with one attached hydrogen (secondary N) is 1. The number of ether oxygens (including phenoxy) is 5. The van der Waals surface area contributed by atoms with Crippen LogP contribution in [-0.4, -0.2) is 59.4 Å². The third-order valence-electron chi connectivity index (χ3n) is 10.9. The molecule has 4 atom stereocenters. The van der Waals surface area contributed by atoms with E-state index in [0.717, 1.165) is 16.7 Å². The molecule has 59 heavy (non-hydrogen) atoms. The van der Waals surface area contributed by atoms with Crippen LogP contribution in [0, 0.1) is 0 Å². The van der Waals surface area contributed by atoms with Crippen LogP contribution in [0.25, 0.3) is 0 Å². The molecule has 0 saturated carbocycles. The number of benzene rings is 5. The fourth-order valence-electron chi connectivity index (χ4n) is 7.94. The quantitative estimate of drug-likeness (QED) is 0.0957. The first-order chi connectivity index (χ1) is 28.7. The number of carbonyl (C=O) groups is 2. The largest absolute Gasteiger partial charge is 0.497 e. The molecular weight excluding hydrogens is 774 g/mol. The number of carbonyl (C=O) groups excluding carboxylic acids is 2. The maximum Gasteiger partial charge on any atom is 0.351 e. The number of halogens is 1. The highest BCUT2D eigenvalue weighted by atomic mass is 32.2. The van der Waals surface area contributed by atoms with Gasteiger partial charge in [0.05, 0.1) is 32.5 Å². The van der Waals surface area contributed by atoms with Gasteiger partial charge in [0, 0.05) is 11.8 Å². The third-order valence-corrected chi connectivity index (χ3v) is 12.5. The molecule has 1 N–H and O–H groups in total. The van der Waals surface area contributed by atoms with E-state index < -0.39 is 46.1 Å². The zero-order chi connectivity index (χ0) is 41.2. The molecule has 0 bridgehead atoms. The van der Waals surface area contributed by atoms with Crippen molar-refractivity contribution in [1.82, 2.24) is 9.55 Å². The Morgan fingerprint density at radius 3 is 1.88 bits per heavy atom. The summed E-state index contributed by atoms with van der Waals surface area (Å²) in [5.41, 5.74) is 0.526. The van der Waals surface area contributed by atoms with Crippen molar-refractivity contribution in [3.05, 3.63) is 190 Å². The Kier molecular flexibility index (Phi) is 10.7. The van der Waals surface area contributed by atoms with Crippen molar-refractivity contribution in [3.63, 3.8) is 0 Å². The lowest BCUT2D eigenvalue weighted by Crippen LogP contribution is -2.54. The molecule has 11 nitrogen and oxygen atoms in total. The van der Waals surface area contributed by atoms with Crippen LogP contribution in [0.5, 0.6) is 11.5 Å². The predicted molar refractivity (Wildman–Crippen MR) is 221 cm³/mol. The minimum atomic E-state index is -2.89. The van der Waals surface area contributed by atoms with Crippen LogP contribution < -0.4 is 20.5 Å². The van der Waals surface area contributed by atoms with E-state index in [9.17, 15) is 14.4 Å². The number of methoxy groups -OCH3 is 3. The van der Waals surface area contributed by atoms with Crippen LogP contribution >= 0.6 is 11.8 Å². The number of thioether (sulfide) groups is 1. The van der Waals surface area contributed by atoms with Crippen molar-refractivity contribution in [2.45, 2.75) is 34.9 Å². The average molecular weight is 814 g/mol. The maximum atomic E-state index is 18.2. The molecule has 6 aromatic rings. The summed E-state index contributed by atoms with van der Waals surface area (Å²) in [5.74, 6) is -2.38. The van der Waals surface area contributed by atoms with Gasteiger partial charge in [0.2, 0.25) is 0 Å². The summed E-state index contributed by atoms with van der Waals surface area (Å²) in [5, 5.41) is 3.60. The minimum Gasteiger partial charge on any atom is -0.497 e. The first kappa shape index (κ1) is 39.4. The third kappa shape index (κ3) is 6.89. The van der Waals surface area contributed by atoms with E-state index in [2.05, 4.69) is 10.3 Å². The van der Waals surface area contributed by atoms with Crippen LogP contribution in [-0.2, 0) is 25.6 Å². The van der Waals surface area contributed by atoms with Gasteiger partial charge in [-0.15, -0.1) is 11.8 Å². The number of rotatable bonds is 12. The number of aromatic nitrogens is 2. The monoisotopic (exact) mass is 813 g/mol. The van der Waals surface area contributed by atoms with Crippen molar-refractivity contribution in [3.8, 4) is 11.5 Å².